The number of hydrogen-bond acceptors (Lipinski definition) is 3. The van der Waals surface area contributed by atoms with Crippen molar-refractivity contribution in [3.8, 4) is 0 Å². The normalized spacial score (nSPS) is 18.3. The average molecular weight is 227 g/mol. The van der Waals surface area contributed by atoms with E-state index in [9.17, 15) is 5.11 Å². The lowest BCUT2D eigenvalue weighted by Crippen LogP contribution is -2.38. The van der Waals surface area contributed by atoms with E-state index in [1.54, 1.807) is 6.07 Å². The van der Waals surface area contributed by atoms with Gasteiger partial charge in [0.1, 0.15) is 11.0 Å². The molecule has 1 aromatic rings. The Kier molecular flexibility index (Phi) is 3.12. The molecule has 0 radical (unpaired) electrons. The van der Waals surface area contributed by atoms with Crippen LogP contribution in [-0.4, -0.2) is 22.2 Å². The fourth-order valence-corrected chi connectivity index (χ4v) is 1.93. The van der Waals surface area contributed by atoms with Gasteiger partial charge in [0.2, 0.25) is 0 Å². The number of aromatic nitrogens is 1. The first kappa shape index (κ1) is 10.7. The van der Waals surface area contributed by atoms with Crippen molar-refractivity contribution in [2.24, 2.45) is 0 Å². The van der Waals surface area contributed by atoms with Crippen molar-refractivity contribution < 1.29 is 5.11 Å². The number of hydrogen-bond donors (Lipinski definition) is 2. The van der Waals surface area contributed by atoms with Gasteiger partial charge in [-0.3, -0.25) is 0 Å². The van der Waals surface area contributed by atoms with Gasteiger partial charge in [0, 0.05) is 6.54 Å². The highest BCUT2D eigenvalue weighted by Crippen LogP contribution is 2.34. The Bertz CT molecular complexity index is 339. The molecule has 4 heteroatoms. The minimum absolute atomic E-state index is 0.425. The maximum Gasteiger partial charge on any atom is 0.131 e. The van der Waals surface area contributed by atoms with Crippen LogP contribution in [0.3, 0.4) is 0 Å². The van der Waals surface area contributed by atoms with Crippen molar-refractivity contribution >= 4 is 17.4 Å². The third-order valence-corrected chi connectivity index (χ3v) is 3.11. The number of nitrogens with one attached hydrogen (secondary N) is 1. The molecule has 0 unspecified atom stereocenters. The summed E-state index contributed by atoms with van der Waals surface area (Å²) in [5.41, 5.74) is -0.425. The van der Waals surface area contributed by atoms with Crippen molar-refractivity contribution in [2.45, 2.75) is 31.3 Å². The number of pyridine rings is 1. The first-order chi connectivity index (χ1) is 7.18. The van der Waals surface area contributed by atoms with E-state index in [1.807, 2.05) is 12.1 Å². The molecule has 1 heterocycles. The van der Waals surface area contributed by atoms with Gasteiger partial charge in [-0.1, -0.05) is 17.7 Å². The summed E-state index contributed by atoms with van der Waals surface area (Å²) >= 11 is 5.75. The van der Waals surface area contributed by atoms with Crippen molar-refractivity contribution in [2.75, 3.05) is 11.9 Å². The first-order valence-corrected chi connectivity index (χ1v) is 5.65. The maximum absolute atomic E-state index is 9.86. The van der Waals surface area contributed by atoms with Crippen LogP contribution in [-0.2, 0) is 0 Å². The van der Waals surface area contributed by atoms with Crippen LogP contribution in [0, 0.1) is 0 Å². The van der Waals surface area contributed by atoms with E-state index in [0.29, 0.717) is 5.15 Å². The minimum Gasteiger partial charge on any atom is -0.390 e. The molecule has 0 aliphatic heterocycles. The van der Waals surface area contributed by atoms with Crippen LogP contribution in [0.5, 0.6) is 0 Å². The lowest BCUT2D eigenvalue weighted by atomic mass is 9.78. The zero-order valence-electron chi connectivity index (χ0n) is 8.54. The number of aliphatic hydroxyl groups is 1. The smallest absolute Gasteiger partial charge is 0.131 e. The van der Waals surface area contributed by atoms with Gasteiger partial charge in [-0.15, -0.1) is 0 Å². The molecule has 0 aromatic carbocycles. The Labute approximate surface area is 94.5 Å². The number of anilines is 1. The second-order valence-electron chi connectivity index (χ2n) is 4.10. The summed E-state index contributed by atoms with van der Waals surface area (Å²) in [7, 11) is 0. The molecule has 3 nitrogen and oxygen atoms in total. The molecule has 1 aliphatic carbocycles. The number of nitrogens with zero attached hydrogens (tertiary/aromatic N) is 1. The van der Waals surface area contributed by atoms with Crippen LogP contribution in [0.25, 0.3) is 0 Å². The van der Waals surface area contributed by atoms with Gasteiger partial charge in [0.25, 0.3) is 0 Å². The van der Waals surface area contributed by atoms with Gasteiger partial charge in [-0.2, -0.15) is 0 Å². The van der Waals surface area contributed by atoms with Crippen molar-refractivity contribution in [3.63, 3.8) is 0 Å². The predicted molar refractivity (Wildman–Crippen MR) is 61.2 cm³/mol. The SMILES string of the molecule is OC1(CCNc2cccc(Cl)n2)CCC1. The molecule has 1 aromatic heterocycles. The minimum atomic E-state index is -0.425. The summed E-state index contributed by atoms with van der Waals surface area (Å²) in [4.78, 5) is 4.11. The van der Waals surface area contributed by atoms with E-state index in [2.05, 4.69) is 10.3 Å². The average Bonchev–Trinajstić information content (AvgIpc) is 2.15. The van der Waals surface area contributed by atoms with E-state index in [0.717, 1.165) is 38.0 Å². The molecule has 82 valence electrons. The molecule has 1 aliphatic rings. The fraction of sp³-hybridized carbons (Fsp3) is 0.545. The van der Waals surface area contributed by atoms with Crippen LogP contribution in [0.15, 0.2) is 18.2 Å². The van der Waals surface area contributed by atoms with Crippen LogP contribution in [0.2, 0.25) is 5.15 Å². The van der Waals surface area contributed by atoms with E-state index in [4.69, 9.17) is 11.6 Å². The molecule has 0 amide bonds. The Morgan fingerprint density at radius 2 is 2.27 bits per heavy atom. The van der Waals surface area contributed by atoms with Crippen LogP contribution >= 0.6 is 11.6 Å². The summed E-state index contributed by atoms with van der Waals surface area (Å²) in [6, 6.07) is 5.47. The van der Waals surface area contributed by atoms with Gasteiger partial charge in [0.05, 0.1) is 5.60 Å². The molecule has 0 bridgehead atoms. The molecular weight excluding hydrogens is 212 g/mol. The monoisotopic (exact) mass is 226 g/mol. The van der Waals surface area contributed by atoms with Gasteiger partial charge >= 0.3 is 0 Å². The summed E-state index contributed by atoms with van der Waals surface area (Å²) in [6.07, 6.45) is 3.78. The van der Waals surface area contributed by atoms with Crippen LogP contribution < -0.4 is 5.32 Å². The van der Waals surface area contributed by atoms with Crippen molar-refractivity contribution in [3.05, 3.63) is 23.4 Å². The van der Waals surface area contributed by atoms with E-state index < -0.39 is 5.60 Å². The highest BCUT2D eigenvalue weighted by atomic mass is 35.5. The number of halogens is 1. The highest BCUT2D eigenvalue weighted by Gasteiger charge is 2.33. The van der Waals surface area contributed by atoms with Crippen molar-refractivity contribution in [1.29, 1.82) is 0 Å². The molecule has 2 rings (SSSR count). The molecule has 1 fully saturated rings. The molecule has 1 saturated carbocycles. The largest absolute Gasteiger partial charge is 0.390 e. The maximum atomic E-state index is 9.86. The molecular formula is C11H15ClN2O. The zero-order valence-corrected chi connectivity index (χ0v) is 9.30. The van der Waals surface area contributed by atoms with Gasteiger partial charge < -0.3 is 10.4 Å². The predicted octanol–water partition coefficient (Wildman–Crippen LogP) is 2.45. The third kappa shape index (κ3) is 2.83. The quantitative estimate of drug-likeness (QED) is 0.776. The summed E-state index contributed by atoms with van der Waals surface area (Å²) in [6.45, 7) is 0.740. The lowest BCUT2D eigenvalue weighted by Gasteiger charge is -2.36. The van der Waals surface area contributed by atoms with E-state index >= 15 is 0 Å². The first-order valence-electron chi connectivity index (χ1n) is 5.27. The lowest BCUT2D eigenvalue weighted by molar-refractivity contribution is -0.0370. The Morgan fingerprint density at radius 1 is 1.47 bits per heavy atom. The molecule has 0 saturated heterocycles. The van der Waals surface area contributed by atoms with Gasteiger partial charge in [-0.05, 0) is 37.8 Å². The Balaban J connectivity index is 1.78. The standard InChI is InChI=1S/C11H15ClN2O/c12-9-3-1-4-10(14-9)13-8-7-11(15)5-2-6-11/h1,3-4,15H,2,5-8H2,(H,13,14). The zero-order chi connectivity index (χ0) is 10.7. The molecule has 2 N–H and O–H groups in total. The van der Waals surface area contributed by atoms with Gasteiger partial charge in [0.15, 0.2) is 0 Å². The molecule has 0 atom stereocenters. The summed E-state index contributed by atoms with van der Waals surface area (Å²) in [5.74, 6) is 0.769. The highest BCUT2D eigenvalue weighted by molar-refractivity contribution is 6.29. The van der Waals surface area contributed by atoms with Crippen LogP contribution in [0.1, 0.15) is 25.7 Å². The number of rotatable bonds is 4. The fourth-order valence-electron chi connectivity index (χ4n) is 1.76. The Hall–Kier alpha value is -0.800. The van der Waals surface area contributed by atoms with E-state index in [-0.39, 0.29) is 0 Å². The second kappa shape index (κ2) is 4.37. The van der Waals surface area contributed by atoms with Crippen LogP contribution in [0.4, 0.5) is 5.82 Å². The molecule has 15 heavy (non-hydrogen) atoms. The third-order valence-electron chi connectivity index (χ3n) is 2.90. The Morgan fingerprint density at radius 3 is 2.87 bits per heavy atom. The van der Waals surface area contributed by atoms with Crippen molar-refractivity contribution in [1.82, 2.24) is 4.98 Å². The topological polar surface area (TPSA) is 45.1 Å². The van der Waals surface area contributed by atoms with Gasteiger partial charge in [-0.25, -0.2) is 4.98 Å². The summed E-state index contributed by atoms with van der Waals surface area (Å²) in [5, 5.41) is 13.5. The second-order valence-corrected chi connectivity index (χ2v) is 4.49. The van der Waals surface area contributed by atoms with E-state index in [1.165, 1.54) is 0 Å². The summed E-state index contributed by atoms with van der Waals surface area (Å²) < 4.78 is 0. The molecule has 0 spiro atoms.